The molecule has 0 aliphatic carbocycles. The van der Waals surface area contributed by atoms with Gasteiger partial charge >= 0.3 is 0 Å². The Balaban J connectivity index is 1.68. The SMILES string of the molecule is CCc1cc(C(=O)N2CCOc3c(O)cc(-c4ccccc4C)cc3C2)on1. The molecule has 2 heterocycles. The van der Waals surface area contributed by atoms with Crippen molar-refractivity contribution in [2.24, 2.45) is 0 Å². The molecule has 1 aliphatic rings. The Morgan fingerprint density at radius 1 is 1.25 bits per heavy atom. The lowest BCUT2D eigenvalue weighted by Gasteiger charge is -2.18. The predicted molar refractivity (Wildman–Crippen MR) is 104 cm³/mol. The van der Waals surface area contributed by atoms with E-state index in [-0.39, 0.29) is 17.4 Å². The minimum Gasteiger partial charge on any atom is -0.504 e. The number of phenolic OH excluding ortho intramolecular Hbond substituents is 1. The van der Waals surface area contributed by atoms with E-state index in [0.29, 0.717) is 31.9 Å². The van der Waals surface area contributed by atoms with Crippen molar-refractivity contribution >= 4 is 5.91 Å². The van der Waals surface area contributed by atoms with Crippen LogP contribution in [0.15, 0.2) is 47.0 Å². The predicted octanol–water partition coefficient (Wildman–Crippen LogP) is 3.95. The second-order valence-corrected chi connectivity index (χ2v) is 6.91. The normalized spacial score (nSPS) is 13.6. The molecule has 6 heteroatoms. The average Bonchev–Trinajstić information content (AvgIpc) is 3.07. The number of fused-ring (bicyclic) bond motifs is 1. The van der Waals surface area contributed by atoms with E-state index in [0.717, 1.165) is 27.9 Å². The van der Waals surface area contributed by atoms with Crippen molar-refractivity contribution in [3.63, 3.8) is 0 Å². The maximum atomic E-state index is 12.9. The smallest absolute Gasteiger partial charge is 0.292 e. The number of aromatic hydroxyl groups is 1. The van der Waals surface area contributed by atoms with Crippen molar-refractivity contribution in [2.45, 2.75) is 26.8 Å². The van der Waals surface area contributed by atoms with Crippen LogP contribution < -0.4 is 4.74 Å². The molecule has 0 saturated heterocycles. The quantitative estimate of drug-likeness (QED) is 0.747. The first-order chi connectivity index (χ1) is 13.6. The summed E-state index contributed by atoms with van der Waals surface area (Å²) < 4.78 is 11.0. The number of aromatic nitrogens is 1. The van der Waals surface area contributed by atoms with Gasteiger partial charge in [0.25, 0.3) is 5.91 Å². The summed E-state index contributed by atoms with van der Waals surface area (Å²) in [6.45, 7) is 5.00. The van der Waals surface area contributed by atoms with Crippen molar-refractivity contribution in [1.29, 1.82) is 0 Å². The van der Waals surface area contributed by atoms with Crippen LogP contribution in [0.3, 0.4) is 0 Å². The Morgan fingerprint density at radius 2 is 2.07 bits per heavy atom. The van der Waals surface area contributed by atoms with Crippen LogP contribution in [0.5, 0.6) is 11.5 Å². The first kappa shape index (κ1) is 18.1. The van der Waals surface area contributed by atoms with E-state index in [9.17, 15) is 9.90 Å². The van der Waals surface area contributed by atoms with E-state index < -0.39 is 0 Å². The molecule has 144 valence electrons. The number of ether oxygens (including phenoxy) is 1. The minimum absolute atomic E-state index is 0.0815. The van der Waals surface area contributed by atoms with Crippen LogP contribution in [-0.4, -0.2) is 34.2 Å². The molecular formula is C22H22N2O4. The fraction of sp³-hybridized carbons (Fsp3) is 0.273. The highest BCUT2D eigenvalue weighted by molar-refractivity contribution is 5.91. The zero-order valence-corrected chi connectivity index (χ0v) is 15.9. The second kappa shape index (κ2) is 7.38. The van der Waals surface area contributed by atoms with Crippen molar-refractivity contribution in [2.75, 3.05) is 13.2 Å². The third-order valence-electron chi connectivity index (χ3n) is 4.99. The van der Waals surface area contributed by atoms with Gasteiger partial charge in [0.2, 0.25) is 5.76 Å². The van der Waals surface area contributed by atoms with E-state index in [1.807, 2.05) is 44.2 Å². The number of amides is 1. The molecule has 28 heavy (non-hydrogen) atoms. The molecule has 0 spiro atoms. The number of aryl methyl sites for hydroxylation is 2. The summed E-state index contributed by atoms with van der Waals surface area (Å²) in [7, 11) is 0. The molecule has 1 aromatic heterocycles. The zero-order valence-electron chi connectivity index (χ0n) is 15.9. The fourth-order valence-corrected chi connectivity index (χ4v) is 3.46. The van der Waals surface area contributed by atoms with Gasteiger partial charge in [-0.2, -0.15) is 0 Å². The second-order valence-electron chi connectivity index (χ2n) is 6.91. The van der Waals surface area contributed by atoms with Crippen LogP contribution in [0.1, 0.15) is 34.3 Å². The van der Waals surface area contributed by atoms with Crippen molar-refractivity contribution < 1.29 is 19.2 Å². The van der Waals surface area contributed by atoms with Gasteiger partial charge in [-0.05, 0) is 42.2 Å². The Kier molecular flexibility index (Phi) is 4.77. The van der Waals surface area contributed by atoms with Gasteiger partial charge in [-0.1, -0.05) is 36.3 Å². The lowest BCUT2D eigenvalue weighted by atomic mass is 9.98. The molecule has 0 saturated carbocycles. The molecule has 4 rings (SSSR count). The number of nitrogens with zero attached hydrogens (tertiary/aromatic N) is 2. The summed E-state index contributed by atoms with van der Waals surface area (Å²) in [6.07, 6.45) is 0.705. The molecule has 1 N–H and O–H groups in total. The van der Waals surface area contributed by atoms with E-state index in [2.05, 4.69) is 5.16 Å². The highest BCUT2D eigenvalue weighted by Gasteiger charge is 2.26. The number of hydrogen-bond donors (Lipinski definition) is 1. The molecule has 0 unspecified atom stereocenters. The number of carbonyl (C=O) groups excluding carboxylic acids is 1. The maximum Gasteiger partial charge on any atom is 0.292 e. The summed E-state index contributed by atoms with van der Waals surface area (Å²) in [5.74, 6) is 0.501. The average molecular weight is 378 g/mol. The van der Waals surface area contributed by atoms with Gasteiger partial charge in [0.15, 0.2) is 11.5 Å². The number of phenols is 1. The highest BCUT2D eigenvalue weighted by Crippen LogP contribution is 2.38. The van der Waals surface area contributed by atoms with Crippen LogP contribution in [0, 0.1) is 6.92 Å². The van der Waals surface area contributed by atoms with Gasteiger partial charge in [0.1, 0.15) is 6.61 Å². The minimum atomic E-state index is -0.232. The van der Waals surface area contributed by atoms with Crippen LogP contribution in [0.4, 0.5) is 0 Å². The summed E-state index contributed by atoms with van der Waals surface area (Å²) in [5, 5.41) is 14.4. The lowest BCUT2D eigenvalue weighted by molar-refractivity contribution is 0.0691. The van der Waals surface area contributed by atoms with E-state index in [4.69, 9.17) is 9.26 Å². The van der Waals surface area contributed by atoms with Crippen LogP contribution >= 0.6 is 0 Å². The third kappa shape index (κ3) is 3.33. The lowest BCUT2D eigenvalue weighted by Crippen LogP contribution is -2.32. The van der Waals surface area contributed by atoms with Gasteiger partial charge < -0.3 is 19.3 Å². The molecule has 1 aliphatic heterocycles. The Labute approximate surface area is 163 Å². The summed E-state index contributed by atoms with van der Waals surface area (Å²) in [6, 6.07) is 13.3. The van der Waals surface area contributed by atoms with Gasteiger partial charge in [-0.15, -0.1) is 0 Å². The van der Waals surface area contributed by atoms with E-state index in [1.54, 1.807) is 17.0 Å². The molecule has 0 atom stereocenters. The molecule has 0 radical (unpaired) electrons. The number of benzene rings is 2. The number of carbonyl (C=O) groups is 1. The Hall–Kier alpha value is -3.28. The number of hydrogen-bond acceptors (Lipinski definition) is 5. The van der Waals surface area contributed by atoms with Crippen LogP contribution in [0.25, 0.3) is 11.1 Å². The molecule has 2 aromatic carbocycles. The summed E-state index contributed by atoms with van der Waals surface area (Å²) >= 11 is 0. The van der Waals surface area contributed by atoms with Crippen LogP contribution in [-0.2, 0) is 13.0 Å². The van der Waals surface area contributed by atoms with Crippen molar-refractivity contribution in [3.8, 4) is 22.6 Å². The van der Waals surface area contributed by atoms with Crippen molar-refractivity contribution in [1.82, 2.24) is 10.1 Å². The summed E-state index contributed by atoms with van der Waals surface area (Å²) in [4.78, 5) is 14.5. The largest absolute Gasteiger partial charge is 0.504 e. The first-order valence-electron chi connectivity index (χ1n) is 9.36. The third-order valence-corrected chi connectivity index (χ3v) is 4.99. The molecule has 6 nitrogen and oxygen atoms in total. The first-order valence-corrected chi connectivity index (χ1v) is 9.36. The standard InChI is InChI=1S/C22H22N2O4/c1-3-17-12-20(28-23-17)22(26)24-8-9-27-21-16(13-24)10-15(11-19(21)25)18-7-5-4-6-14(18)2/h4-7,10-12,25H,3,8-9,13H2,1-2H3. The highest BCUT2D eigenvalue weighted by atomic mass is 16.5. The molecular weight excluding hydrogens is 356 g/mol. The summed E-state index contributed by atoms with van der Waals surface area (Å²) in [5.41, 5.74) is 4.54. The van der Waals surface area contributed by atoms with Crippen LogP contribution in [0.2, 0.25) is 0 Å². The zero-order chi connectivity index (χ0) is 19.7. The van der Waals surface area contributed by atoms with E-state index in [1.165, 1.54) is 0 Å². The van der Waals surface area contributed by atoms with Crippen molar-refractivity contribution in [3.05, 3.63) is 65.0 Å². The number of rotatable bonds is 3. The molecule has 3 aromatic rings. The molecule has 0 bridgehead atoms. The Morgan fingerprint density at radius 3 is 2.82 bits per heavy atom. The fourth-order valence-electron chi connectivity index (χ4n) is 3.46. The maximum absolute atomic E-state index is 12.9. The monoisotopic (exact) mass is 378 g/mol. The van der Waals surface area contributed by atoms with Gasteiger partial charge in [-0.25, -0.2) is 0 Å². The topological polar surface area (TPSA) is 75.8 Å². The Bertz CT molecular complexity index is 1030. The molecule has 1 amide bonds. The van der Waals surface area contributed by atoms with E-state index >= 15 is 0 Å². The molecule has 0 fully saturated rings. The van der Waals surface area contributed by atoms with Gasteiger partial charge in [-0.3, -0.25) is 4.79 Å². The van der Waals surface area contributed by atoms with Gasteiger partial charge in [0.05, 0.1) is 18.8 Å². The van der Waals surface area contributed by atoms with Gasteiger partial charge in [0, 0.05) is 11.6 Å².